The predicted molar refractivity (Wildman–Crippen MR) is 54.5 cm³/mol. The van der Waals surface area contributed by atoms with Crippen molar-refractivity contribution in [3.63, 3.8) is 0 Å². The summed E-state index contributed by atoms with van der Waals surface area (Å²) >= 11 is 0. The van der Waals surface area contributed by atoms with E-state index < -0.39 is 0 Å². The second-order valence-corrected chi connectivity index (χ2v) is 2.79. The number of ether oxygens (including phenoxy) is 1. The number of nitrogens with one attached hydrogen (secondary N) is 1. The Balaban J connectivity index is 3.05. The molecule has 0 amide bonds. The molecule has 13 heavy (non-hydrogen) atoms. The molecule has 0 saturated carbocycles. The van der Waals surface area contributed by atoms with E-state index in [-0.39, 0.29) is 0 Å². The lowest BCUT2D eigenvalue weighted by atomic mass is 10.1. The molecule has 3 nitrogen and oxygen atoms in total. The minimum absolute atomic E-state index is 0.556. The number of rotatable bonds is 3. The second-order valence-electron chi connectivity index (χ2n) is 2.79. The monoisotopic (exact) mass is 178 g/mol. The molecule has 0 aliphatic carbocycles. The highest BCUT2D eigenvalue weighted by Gasteiger charge is 2.04. The van der Waals surface area contributed by atoms with Gasteiger partial charge in [0.25, 0.3) is 0 Å². The third-order valence-electron chi connectivity index (χ3n) is 1.94. The Hall–Kier alpha value is -1.51. The first-order valence-electron chi connectivity index (χ1n) is 4.20. The standard InChI is InChI=1S/C10H14N2O/c1-3-9(11)8-5-4-7(13-2)6-10(8)12/h4-6,11H,3,12H2,1-2H3. The van der Waals surface area contributed by atoms with E-state index in [1.54, 1.807) is 13.2 Å². The van der Waals surface area contributed by atoms with Crippen molar-refractivity contribution in [3.05, 3.63) is 23.8 Å². The molecule has 0 bridgehead atoms. The van der Waals surface area contributed by atoms with Gasteiger partial charge < -0.3 is 15.9 Å². The summed E-state index contributed by atoms with van der Waals surface area (Å²) in [5.41, 5.74) is 7.71. The molecule has 3 heteroatoms. The van der Waals surface area contributed by atoms with Crippen molar-refractivity contribution in [2.75, 3.05) is 12.8 Å². The predicted octanol–water partition coefficient (Wildman–Crippen LogP) is 2.06. The summed E-state index contributed by atoms with van der Waals surface area (Å²) in [5.74, 6) is 0.727. The van der Waals surface area contributed by atoms with Crippen molar-refractivity contribution in [3.8, 4) is 5.75 Å². The first-order chi connectivity index (χ1) is 6.19. The van der Waals surface area contributed by atoms with Gasteiger partial charge in [0.1, 0.15) is 5.75 Å². The van der Waals surface area contributed by atoms with Crippen LogP contribution in [0.2, 0.25) is 0 Å². The zero-order chi connectivity index (χ0) is 9.84. The molecule has 0 aliphatic heterocycles. The second kappa shape index (κ2) is 3.94. The Labute approximate surface area is 78.0 Å². The van der Waals surface area contributed by atoms with Crippen LogP contribution in [0.5, 0.6) is 5.75 Å². The maximum atomic E-state index is 7.63. The van der Waals surface area contributed by atoms with E-state index in [0.717, 1.165) is 11.3 Å². The van der Waals surface area contributed by atoms with Gasteiger partial charge in [-0.2, -0.15) is 0 Å². The fourth-order valence-electron chi connectivity index (χ4n) is 1.13. The lowest BCUT2D eigenvalue weighted by Gasteiger charge is -2.07. The van der Waals surface area contributed by atoms with E-state index in [4.69, 9.17) is 15.9 Å². The number of methoxy groups -OCH3 is 1. The minimum Gasteiger partial charge on any atom is -0.497 e. The first kappa shape index (κ1) is 9.58. The number of benzene rings is 1. The van der Waals surface area contributed by atoms with Gasteiger partial charge in [-0.15, -0.1) is 0 Å². The van der Waals surface area contributed by atoms with Gasteiger partial charge in [0, 0.05) is 23.0 Å². The SMILES string of the molecule is CCC(=N)c1ccc(OC)cc1N. The van der Waals surface area contributed by atoms with Gasteiger partial charge in [-0.1, -0.05) is 6.92 Å². The van der Waals surface area contributed by atoms with Gasteiger partial charge in [0.15, 0.2) is 0 Å². The van der Waals surface area contributed by atoms with E-state index in [9.17, 15) is 0 Å². The highest BCUT2D eigenvalue weighted by atomic mass is 16.5. The maximum Gasteiger partial charge on any atom is 0.120 e. The summed E-state index contributed by atoms with van der Waals surface area (Å²) in [6.07, 6.45) is 0.691. The van der Waals surface area contributed by atoms with Crippen LogP contribution >= 0.6 is 0 Å². The van der Waals surface area contributed by atoms with Crippen molar-refractivity contribution in [2.24, 2.45) is 0 Å². The lowest BCUT2D eigenvalue weighted by Crippen LogP contribution is -2.02. The molecular formula is C10H14N2O. The van der Waals surface area contributed by atoms with Crippen LogP contribution in [0.1, 0.15) is 18.9 Å². The van der Waals surface area contributed by atoms with E-state index in [0.29, 0.717) is 17.8 Å². The lowest BCUT2D eigenvalue weighted by molar-refractivity contribution is 0.415. The normalized spacial score (nSPS) is 9.69. The van der Waals surface area contributed by atoms with Gasteiger partial charge >= 0.3 is 0 Å². The number of nitrogens with two attached hydrogens (primary N) is 1. The van der Waals surface area contributed by atoms with Crippen LogP contribution in [0.4, 0.5) is 5.69 Å². The molecular weight excluding hydrogens is 164 g/mol. The Morgan fingerprint density at radius 3 is 2.69 bits per heavy atom. The quantitative estimate of drug-likeness (QED) is 0.549. The molecule has 0 saturated heterocycles. The smallest absolute Gasteiger partial charge is 0.120 e. The Bertz CT molecular complexity index is 321. The summed E-state index contributed by atoms with van der Waals surface area (Å²) in [5, 5.41) is 7.63. The van der Waals surface area contributed by atoms with Gasteiger partial charge in [-0.05, 0) is 18.6 Å². The van der Waals surface area contributed by atoms with Gasteiger partial charge in [0.05, 0.1) is 7.11 Å². The van der Waals surface area contributed by atoms with Crippen LogP contribution in [-0.2, 0) is 0 Å². The molecule has 1 aromatic rings. The molecule has 70 valence electrons. The fraction of sp³-hybridized carbons (Fsp3) is 0.300. The molecule has 0 aliphatic rings. The highest BCUT2D eigenvalue weighted by Crippen LogP contribution is 2.20. The highest BCUT2D eigenvalue weighted by molar-refractivity contribution is 6.02. The Kier molecular flexibility index (Phi) is 2.90. The van der Waals surface area contributed by atoms with Gasteiger partial charge in [-0.3, -0.25) is 0 Å². The molecule has 0 aromatic heterocycles. The first-order valence-corrected chi connectivity index (χ1v) is 4.20. The molecule has 1 aromatic carbocycles. The average Bonchev–Trinajstić information content (AvgIpc) is 2.16. The Morgan fingerprint density at radius 2 is 2.23 bits per heavy atom. The van der Waals surface area contributed by atoms with E-state index in [1.165, 1.54) is 0 Å². The van der Waals surface area contributed by atoms with Crippen molar-refractivity contribution >= 4 is 11.4 Å². The molecule has 1 rings (SSSR count). The topological polar surface area (TPSA) is 59.1 Å². The summed E-state index contributed by atoms with van der Waals surface area (Å²) in [6.45, 7) is 1.94. The minimum atomic E-state index is 0.556. The van der Waals surface area contributed by atoms with Gasteiger partial charge in [-0.25, -0.2) is 0 Å². The number of hydrogen-bond acceptors (Lipinski definition) is 3. The van der Waals surface area contributed by atoms with E-state index in [2.05, 4.69) is 0 Å². The van der Waals surface area contributed by atoms with Crippen molar-refractivity contribution in [2.45, 2.75) is 13.3 Å². The number of hydrogen-bond donors (Lipinski definition) is 2. The Morgan fingerprint density at radius 1 is 1.54 bits per heavy atom. The van der Waals surface area contributed by atoms with Crippen LogP contribution in [0.25, 0.3) is 0 Å². The number of nitrogen functional groups attached to an aromatic ring is 1. The van der Waals surface area contributed by atoms with E-state index >= 15 is 0 Å². The average molecular weight is 178 g/mol. The third-order valence-corrected chi connectivity index (χ3v) is 1.94. The number of anilines is 1. The van der Waals surface area contributed by atoms with Crippen LogP contribution in [0, 0.1) is 5.41 Å². The third kappa shape index (κ3) is 1.99. The molecule has 0 radical (unpaired) electrons. The summed E-state index contributed by atoms with van der Waals surface area (Å²) in [7, 11) is 1.60. The summed E-state index contributed by atoms with van der Waals surface area (Å²) < 4.78 is 5.01. The fourth-order valence-corrected chi connectivity index (χ4v) is 1.13. The molecule has 3 N–H and O–H groups in total. The maximum absolute atomic E-state index is 7.63. The molecule has 0 atom stereocenters. The van der Waals surface area contributed by atoms with E-state index in [1.807, 2.05) is 19.1 Å². The summed E-state index contributed by atoms with van der Waals surface area (Å²) in [4.78, 5) is 0. The van der Waals surface area contributed by atoms with Crippen molar-refractivity contribution in [1.29, 1.82) is 5.41 Å². The van der Waals surface area contributed by atoms with Crippen molar-refractivity contribution in [1.82, 2.24) is 0 Å². The zero-order valence-corrected chi connectivity index (χ0v) is 7.92. The van der Waals surface area contributed by atoms with Crippen LogP contribution in [-0.4, -0.2) is 12.8 Å². The molecule has 0 heterocycles. The van der Waals surface area contributed by atoms with Crippen LogP contribution in [0.3, 0.4) is 0 Å². The zero-order valence-electron chi connectivity index (χ0n) is 7.92. The van der Waals surface area contributed by atoms with Crippen molar-refractivity contribution < 1.29 is 4.74 Å². The molecule has 0 fully saturated rings. The van der Waals surface area contributed by atoms with Crippen LogP contribution in [0.15, 0.2) is 18.2 Å². The van der Waals surface area contributed by atoms with Crippen LogP contribution < -0.4 is 10.5 Å². The summed E-state index contributed by atoms with van der Waals surface area (Å²) in [6, 6.07) is 5.37. The molecule has 0 unspecified atom stereocenters. The molecule has 0 spiro atoms. The largest absolute Gasteiger partial charge is 0.497 e. The van der Waals surface area contributed by atoms with Gasteiger partial charge in [0.2, 0.25) is 0 Å².